The Kier molecular flexibility index (Phi) is 5.00. The van der Waals surface area contributed by atoms with Gasteiger partial charge >= 0.3 is 0 Å². The molecule has 0 saturated carbocycles. The molecule has 0 radical (unpaired) electrons. The molecular formula is C14H18N2O3S2. The molecule has 114 valence electrons. The molecule has 1 aromatic carbocycles. The van der Waals surface area contributed by atoms with Gasteiger partial charge in [0.2, 0.25) is 0 Å². The summed E-state index contributed by atoms with van der Waals surface area (Å²) in [7, 11) is -0.382. The minimum absolute atomic E-state index is 0.252. The number of thiophene rings is 1. The Morgan fingerprint density at radius 1 is 1.24 bits per heavy atom. The van der Waals surface area contributed by atoms with Crippen LogP contribution in [0.2, 0.25) is 0 Å². The van der Waals surface area contributed by atoms with Gasteiger partial charge in [-0.25, -0.2) is 8.42 Å². The van der Waals surface area contributed by atoms with Crippen LogP contribution in [0.5, 0.6) is 5.75 Å². The third kappa shape index (κ3) is 3.44. The number of rotatable bonds is 6. The molecule has 0 amide bonds. The smallest absolute Gasteiger partial charge is 0.252 e. The molecule has 21 heavy (non-hydrogen) atoms. The minimum Gasteiger partial charge on any atom is -0.496 e. The van der Waals surface area contributed by atoms with Crippen molar-refractivity contribution in [3.8, 4) is 5.75 Å². The first-order valence-electron chi connectivity index (χ1n) is 6.36. The van der Waals surface area contributed by atoms with Crippen LogP contribution in [0.1, 0.15) is 10.4 Å². The molecule has 0 fully saturated rings. The van der Waals surface area contributed by atoms with E-state index >= 15 is 0 Å². The van der Waals surface area contributed by atoms with Crippen LogP contribution in [0.25, 0.3) is 0 Å². The molecular weight excluding hydrogens is 308 g/mol. The highest BCUT2D eigenvalue weighted by Crippen LogP contribution is 2.26. The molecule has 0 aliphatic carbocycles. The zero-order valence-corrected chi connectivity index (χ0v) is 13.6. The average Bonchev–Trinajstić information content (AvgIpc) is 2.97. The maximum atomic E-state index is 12.5. The molecule has 2 aromatic rings. The fourth-order valence-electron chi connectivity index (χ4n) is 1.92. The van der Waals surface area contributed by atoms with Crippen molar-refractivity contribution in [2.75, 3.05) is 14.2 Å². The highest BCUT2D eigenvalue weighted by Gasteiger charge is 2.23. The second-order valence-electron chi connectivity index (χ2n) is 4.50. The molecule has 0 aliphatic rings. The molecule has 2 N–H and O–H groups in total. The van der Waals surface area contributed by atoms with Crippen LogP contribution in [-0.4, -0.2) is 26.9 Å². The van der Waals surface area contributed by atoms with Crippen molar-refractivity contribution in [2.45, 2.75) is 17.3 Å². The van der Waals surface area contributed by atoms with Crippen molar-refractivity contribution < 1.29 is 13.2 Å². The van der Waals surface area contributed by atoms with E-state index in [2.05, 4.69) is 0 Å². The number of nitrogens with zero attached hydrogens (tertiary/aromatic N) is 1. The number of hydrogen-bond acceptors (Lipinski definition) is 5. The number of sulfonamides is 1. The standard InChI is InChI=1S/C14H18N2O3S2/c1-16(10-11-5-3-4-6-13(11)19-2)21(17,18)14-8-7-12(9-15)20-14/h3-8H,9-10,15H2,1-2H3. The Balaban J connectivity index is 2.24. The van der Waals surface area contributed by atoms with E-state index < -0.39 is 10.0 Å². The summed E-state index contributed by atoms with van der Waals surface area (Å²) in [5, 5.41) is 0. The summed E-state index contributed by atoms with van der Waals surface area (Å²) in [6.45, 7) is 0.596. The normalized spacial score (nSPS) is 11.8. The van der Waals surface area contributed by atoms with Gasteiger partial charge in [0, 0.05) is 30.6 Å². The van der Waals surface area contributed by atoms with Crippen LogP contribution >= 0.6 is 11.3 Å². The van der Waals surface area contributed by atoms with Crippen LogP contribution in [0.15, 0.2) is 40.6 Å². The predicted octanol–water partition coefficient (Wildman–Crippen LogP) is 2.04. The molecule has 7 heteroatoms. The van der Waals surface area contributed by atoms with E-state index in [1.54, 1.807) is 26.3 Å². The van der Waals surface area contributed by atoms with Crippen molar-refractivity contribution in [1.29, 1.82) is 0 Å². The highest BCUT2D eigenvalue weighted by atomic mass is 32.2. The summed E-state index contributed by atoms with van der Waals surface area (Å²) in [6, 6.07) is 10.7. The van der Waals surface area contributed by atoms with Crippen molar-refractivity contribution in [3.05, 3.63) is 46.8 Å². The maximum absolute atomic E-state index is 12.5. The minimum atomic E-state index is -3.51. The Morgan fingerprint density at radius 2 is 1.95 bits per heavy atom. The Bertz CT molecular complexity index is 711. The van der Waals surface area contributed by atoms with Crippen molar-refractivity contribution in [3.63, 3.8) is 0 Å². The Labute approximate surface area is 129 Å². The van der Waals surface area contributed by atoms with Gasteiger partial charge in [-0.3, -0.25) is 0 Å². The van der Waals surface area contributed by atoms with Crippen molar-refractivity contribution in [1.82, 2.24) is 4.31 Å². The maximum Gasteiger partial charge on any atom is 0.252 e. The van der Waals surface area contributed by atoms with Crippen LogP contribution < -0.4 is 10.5 Å². The largest absolute Gasteiger partial charge is 0.496 e. The van der Waals surface area contributed by atoms with E-state index in [0.717, 1.165) is 10.4 Å². The number of para-hydroxylation sites is 1. The lowest BCUT2D eigenvalue weighted by Crippen LogP contribution is -2.26. The molecule has 1 heterocycles. The lowest BCUT2D eigenvalue weighted by atomic mass is 10.2. The van der Waals surface area contributed by atoms with E-state index in [9.17, 15) is 8.42 Å². The molecule has 0 spiro atoms. The SMILES string of the molecule is COc1ccccc1CN(C)S(=O)(=O)c1ccc(CN)s1. The van der Waals surface area contributed by atoms with Gasteiger partial charge in [-0.05, 0) is 18.2 Å². The fraction of sp³-hybridized carbons (Fsp3) is 0.286. The van der Waals surface area contributed by atoms with Gasteiger partial charge in [0.15, 0.2) is 0 Å². The van der Waals surface area contributed by atoms with E-state index in [1.807, 2.05) is 24.3 Å². The summed E-state index contributed by atoms with van der Waals surface area (Å²) in [6.07, 6.45) is 0. The first-order chi connectivity index (χ1) is 9.98. The Hall–Kier alpha value is -1.41. The number of nitrogens with two attached hydrogens (primary N) is 1. The topological polar surface area (TPSA) is 72.6 Å². The predicted molar refractivity (Wildman–Crippen MR) is 83.9 cm³/mol. The van der Waals surface area contributed by atoms with Gasteiger partial charge in [-0.1, -0.05) is 18.2 Å². The summed E-state index contributed by atoms with van der Waals surface area (Å²) in [5.74, 6) is 0.674. The third-order valence-electron chi connectivity index (χ3n) is 3.09. The van der Waals surface area contributed by atoms with E-state index in [4.69, 9.17) is 10.5 Å². The summed E-state index contributed by atoms with van der Waals surface area (Å²) in [4.78, 5) is 0.847. The van der Waals surface area contributed by atoms with Gasteiger partial charge in [-0.2, -0.15) is 4.31 Å². The summed E-state index contributed by atoms with van der Waals surface area (Å²) < 4.78 is 31.9. The zero-order chi connectivity index (χ0) is 15.5. The van der Waals surface area contributed by atoms with Gasteiger partial charge in [0.25, 0.3) is 10.0 Å². The van der Waals surface area contributed by atoms with E-state index in [1.165, 1.54) is 15.6 Å². The lowest BCUT2D eigenvalue weighted by molar-refractivity contribution is 0.398. The van der Waals surface area contributed by atoms with Gasteiger partial charge in [0.05, 0.1) is 7.11 Å². The van der Waals surface area contributed by atoms with Crippen LogP contribution in [0, 0.1) is 0 Å². The quantitative estimate of drug-likeness (QED) is 0.881. The number of benzene rings is 1. The number of ether oxygens (including phenoxy) is 1. The van der Waals surface area contributed by atoms with Gasteiger partial charge in [-0.15, -0.1) is 11.3 Å². The molecule has 2 rings (SSSR count). The van der Waals surface area contributed by atoms with E-state index in [-0.39, 0.29) is 6.54 Å². The molecule has 5 nitrogen and oxygen atoms in total. The Morgan fingerprint density at radius 3 is 2.57 bits per heavy atom. The first-order valence-corrected chi connectivity index (χ1v) is 8.61. The molecule has 1 aromatic heterocycles. The summed E-state index contributed by atoms with van der Waals surface area (Å²) in [5.41, 5.74) is 6.35. The van der Waals surface area contributed by atoms with Gasteiger partial charge in [0.1, 0.15) is 9.96 Å². The monoisotopic (exact) mass is 326 g/mol. The lowest BCUT2D eigenvalue weighted by Gasteiger charge is -2.17. The zero-order valence-electron chi connectivity index (χ0n) is 11.9. The van der Waals surface area contributed by atoms with Crippen molar-refractivity contribution >= 4 is 21.4 Å². The van der Waals surface area contributed by atoms with E-state index in [0.29, 0.717) is 16.5 Å². The third-order valence-corrected chi connectivity index (χ3v) is 6.47. The average molecular weight is 326 g/mol. The highest BCUT2D eigenvalue weighted by molar-refractivity contribution is 7.91. The molecule has 0 atom stereocenters. The number of hydrogen-bond donors (Lipinski definition) is 1. The van der Waals surface area contributed by atoms with Crippen LogP contribution in [0.3, 0.4) is 0 Å². The van der Waals surface area contributed by atoms with Gasteiger partial charge < -0.3 is 10.5 Å². The van der Waals surface area contributed by atoms with Crippen LogP contribution in [-0.2, 0) is 23.1 Å². The second-order valence-corrected chi connectivity index (χ2v) is 7.94. The fourth-order valence-corrected chi connectivity index (χ4v) is 4.51. The first kappa shape index (κ1) is 16.0. The summed E-state index contributed by atoms with van der Waals surface area (Å²) >= 11 is 1.20. The second kappa shape index (κ2) is 6.57. The van der Waals surface area contributed by atoms with Crippen molar-refractivity contribution in [2.24, 2.45) is 5.73 Å². The molecule has 0 unspecified atom stereocenters. The molecule has 0 saturated heterocycles. The molecule has 0 bridgehead atoms. The molecule has 0 aliphatic heterocycles. The van der Waals surface area contributed by atoms with Crippen LogP contribution in [0.4, 0.5) is 0 Å². The number of methoxy groups -OCH3 is 1.